The Kier molecular flexibility index (Phi) is 5.07. The molecule has 0 unspecified atom stereocenters. The van der Waals surface area contributed by atoms with Gasteiger partial charge in [0.25, 0.3) is 0 Å². The molecule has 0 fully saturated rings. The number of aryl methyl sites for hydroxylation is 1. The normalized spacial score (nSPS) is 11.1. The Balaban J connectivity index is 1.58. The summed E-state index contributed by atoms with van der Waals surface area (Å²) in [5.41, 5.74) is 5.64. The maximum atomic E-state index is 12.3. The first-order chi connectivity index (χ1) is 13.6. The maximum Gasteiger partial charge on any atom is 0.387 e. The molecular formula is C25H20F2O. The van der Waals surface area contributed by atoms with Crippen LogP contribution in [0.3, 0.4) is 0 Å². The van der Waals surface area contributed by atoms with Gasteiger partial charge in [0, 0.05) is 0 Å². The van der Waals surface area contributed by atoms with Gasteiger partial charge in [0.1, 0.15) is 5.75 Å². The fraction of sp³-hybridized carbons (Fsp3) is 0.120. The van der Waals surface area contributed by atoms with E-state index in [9.17, 15) is 8.78 Å². The fourth-order valence-electron chi connectivity index (χ4n) is 3.38. The molecule has 0 saturated heterocycles. The predicted octanol–water partition coefficient (Wildman–Crippen LogP) is 7.34. The summed E-state index contributed by atoms with van der Waals surface area (Å²) in [6, 6.07) is 28.1. The Labute approximate surface area is 163 Å². The third kappa shape index (κ3) is 3.89. The van der Waals surface area contributed by atoms with Crippen molar-refractivity contribution < 1.29 is 13.5 Å². The van der Waals surface area contributed by atoms with Crippen LogP contribution in [-0.2, 0) is 6.42 Å². The minimum absolute atomic E-state index is 0.165. The van der Waals surface area contributed by atoms with Crippen LogP contribution in [0.25, 0.3) is 33.0 Å². The van der Waals surface area contributed by atoms with Gasteiger partial charge in [-0.2, -0.15) is 8.78 Å². The van der Waals surface area contributed by atoms with E-state index >= 15 is 0 Å². The largest absolute Gasteiger partial charge is 0.435 e. The van der Waals surface area contributed by atoms with Gasteiger partial charge in [-0.3, -0.25) is 0 Å². The smallest absolute Gasteiger partial charge is 0.387 e. The molecule has 0 radical (unpaired) electrons. The molecule has 0 bridgehead atoms. The van der Waals surface area contributed by atoms with Gasteiger partial charge in [0.05, 0.1) is 0 Å². The molecule has 28 heavy (non-hydrogen) atoms. The van der Waals surface area contributed by atoms with E-state index < -0.39 is 6.61 Å². The predicted molar refractivity (Wildman–Crippen MR) is 111 cm³/mol. The van der Waals surface area contributed by atoms with E-state index in [0.717, 1.165) is 23.1 Å². The molecular weight excluding hydrogens is 354 g/mol. The quantitative estimate of drug-likeness (QED) is 0.355. The topological polar surface area (TPSA) is 9.23 Å². The SMILES string of the molecule is CCc1ccc2cc(-c3ccc(-c4ccc(OC(F)F)cc4)cc3)ccc2c1. The number of hydrogen-bond acceptors (Lipinski definition) is 1. The summed E-state index contributed by atoms with van der Waals surface area (Å²) in [5.74, 6) is 0.165. The van der Waals surface area contributed by atoms with Crippen LogP contribution in [0.1, 0.15) is 12.5 Å². The van der Waals surface area contributed by atoms with E-state index in [1.54, 1.807) is 24.3 Å². The average Bonchev–Trinajstić information content (AvgIpc) is 2.73. The Bertz CT molecular complexity index is 1080. The highest BCUT2D eigenvalue weighted by atomic mass is 19.3. The van der Waals surface area contributed by atoms with Crippen LogP contribution >= 0.6 is 0 Å². The van der Waals surface area contributed by atoms with Crippen LogP contribution in [0.15, 0.2) is 84.9 Å². The van der Waals surface area contributed by atoms with Crippen LogP contribution in [0.5, 0.6) is 5.75 Å². The number of benzene rings is 4. The van der Waals surface area contributed by atoms with Crippen molar-refractivity contribution in [3.63, 3.8) is 0 Å². The van der Waals surface area contributed by atoms with E-state index in [1.165, 1.54) is 21.9 Å². The molecule has 0 spiro atoms. The highest BCUT2D eigenvalue weighted by molar-refractivity contribution is 5.88. The van der Waals surface area contributed by atoms with Gasteiger partial charge in [-0.05, 0) is 63.2 Å². The number of ether oxygens (including phenoxy) is 1. The molecule has 0 aliphatic rings. The van der Waals surface area contributed by atoms with Crippen molar-refractivity contribution in [1.82, 2.24) is 0 Å². The molecule has 4 aromatic carbocycles. The molecule has 0 saturated carbocycles. The molecule has 3 heteroatoms. The summed E-state index contributed by atoms with van der Waals surface area (Å²) in [6.07, 6.45) is 1.04. The first-order valence-electron chi connectivity index (χ1n) is 9.31. The number of rotatable bonds is 5. The molecule has 0 amide bonds. The average molecular weight is 374 g/mol. The molecule has 0 aliphatic heterocycles. The molecule has 0 atom stereocenters. The summed E-state index contributed by atoms with van der Waals surface area (Å²) < 4.78 is 28.9. The molecule has 0 N–H and O–H groups in total. The van der Waals surface area contributed by atoms with Crippen LogP contribution < -0.4 is 4.74 Å². The summed E-state index contributed by atoms with van der Waals surface area (Å²) in [5, 5.41) is 2.49. The lowest BCUT2D eigenvalue weighted by molar-refractivity contribution is -0.0498. The fourth-order valence-corrected chi connectivity index (χ4v) is 3.38. The molecule has 0 heterocycles. The summed E-state index contributed by atoms with van der Waals surface area (Å²) >= 11 is 0. The van der Waals surface area contributed by atoms with Gasteiger partial charge in [0.15, 0.2) is 0 Å². The van der Waals surface area contributed by atoms with E-state index in [0.29, 0.717) is 0 Å². The van der Waals surface area contributed by atoms with Crippen molar-refractivity contribution in [3.05, 3.63) is 90.5 Å². The number of halogens is 2. The van der Waals surface area contributed by atoms with Crippen molar-refractivity contribution in [2.24, 2.45) is 0 Å². The first-order valence-corrected chi connectivity index (χ1v) is 9.31. The van der Waals surface area contributed by atoms with Crippen molar-refractivity contribution in [1.29, 1.82) is 0 Å². The second-order valence-electron chi connectivity index (χ2n) is 6.73. The van der Waals surface area contributed by atoms with Crippen molar-refractivity contribution in [3.8, 4) is 28.0 Å². The van der Waals surface area contributed by atoms with Gasteiger partial charge in [-0.1, -0.05) is 73.7 Å². The second kappa shape index (κ2) is 7.81. The van der Waals surface area contributed by atoms with E-state index in [2.05, 4.69) is 60.2 Å². The van der Waals surface area contributed by atoms with Gasteiger partial charge in [-0.25, -0.2) is 0 Å². The number of fused-ring (bicyclic) bond motifs is 1. The zero-order valence-corrected chi connectivity index (χ0v) is 15.5. The Morgan fingerprint density at radius 1 is 0.643 bits per heavy atom. The highest BCUT2D eigenvalue weighted by Gasteiger charge is 2.06. The summed E-state index contributed by atoms with van der Waals surface area (Å²) in [6.45, 7) is -0.642. The van der Waals surface area contributed by atoms with Crippen LogP contribution in [0.2, 0.25) is 0 Å². The first kappa shape index (κ1) is 18.2. The Morgan fingerprint density at radius 2 is 1.14 bits per heavy atom. The third-order valence-electron chi connectivity index (χ3n) is 4.94. The molecule has 0 aliphatic carbocycles. The highest BCUT2D eigenvalue weighted by Crippen LogP contribution is 2.29. The number of hydrogen-bond donors (Lipinski definition) is 0. The molecule has 4 aromatic rings. The molecule has 1 nitrogen and oxygen atoms in total. The van der Waals surface area contributed by atoms with Gasteiger partial charge < -0.3 is 4.74 Å². The third-order valence-corrected chi connectivity index (χ3v) is 4.94. The van der Waals surface area contributed by atoms with Crippen molar-refractivity contribution in [2.75, 3.05) is 0 Å². The lowest BCUT2D eigenvalue weighted by Crippen LogP contribution is -2.01. The lowest BCUT2D eigenvalue weighted by Gasteiger charge is -2.08. The molecule has 4 rings (SSSR count). The lowest BCUT2D eigenvalue weighted by atomic mass is 9.97. The minimum atomic E-state index is -2.80. The van der Waals surface area contributed by atoms with E-state index in [-0.39, 0.29) is 5.75 Å². The van der Waals surface area contributed by atoms with E-state index in [1.807, 2.05) is 12.1 Å². The Morgan fingerprint density at radius 3 is 1.75 bits per heavy atom. The standard InChI is InChI=1S/C25H20F2O/c1-2-17-3-4-23-16-22(10-9-21(23)15-17)20-7-5-18(6-8-20)19-11-13-24(14-12-19)28-25(26)27/h3-16,25H,2H2,1H3. The minimum Gasteiger partial charge on any atom is -0.435 e. The monoisotopic (exact) mass is 374 g/mol. The van der Waals surface area contributed by atoms with Crippen LogP contribution in [-0.4, -0.2) is 6.61 Å². The van der Waals surface area contributed by atoms with Gasteiger partial charge in [0.2, 0.25) is 0 Å². The zero-order valence-electron chi connectivity index (χ0n) is 15.5. The van der Waals surface area contributed by atoms with Gasteiger partial charge in [-0.15, -0.1) is 0 Å². The molecule has 0 aromatic heterocycles. The van der Waals surface area contributed by atoms with Crippen molar-refractivity contribution >= 4 is 10.8 Å². The number of alkyl halides is 2. The zero-order chi connectivity index (χ0) is 19.5. The van der Waals surface area contributed by atoms with E-state index in [4.69, 9.17) is 0 Å². The maximum absolute atomic E-state index is 12.3. The summed E-state index contributed by atoms with van der Waals surface area (Å²) in [4.78, 5) is 0. The molecule has 140 valence electrons. The van der Waals surface area contributed by atoms with Gasteiger partial charge >= 0.3 is 6.61 Å². The van der Waals surface area contributed by atoms with Crippen LogP contribution in [0.4, 0.5) is 8.78 Å². The Hall–Kier alpha value is -3.20. The van der Waals surface area contributed by atoms with Crippen molar-refractivity contribution in [2.45, 2.75) is 20.0 Å². The summed E-state index contributed by atoms with van der Waals surface area (Å²) in [7, 11) is 0. The van der Waals surface area contributed by atoms with Crippen LogP contribution in [0, 0.1) is 0 Å². The second-order valence-corrected chi connectivity index (χ2v) is 6.73.